The van der Waals surface area contributed by atoms with E-state index in [9.17, 15) is 0 Å². The van der Waals surface area contributed by atoms with Crippen LogP contribution in [-0.4, -0.2) is 0 Å². The third-order valence-corrected chi connectivity index (χ3v) is 6.56. The summed E-state index contributed by atoms with van der Waals surface area (Å²) in [5.41, 5.74) is 1.03. The normalized spacial score (nSPS) is 24.4. The lowest BCUT2D eigenvalue weighted by molar-refractivity contribution is 0.00672. The van der Waals surface area contributed by atoms with Crippen LogP contribution in [0.5, 0.6) is 0 Å². The van der Waals surface area contributed by atoms with Crippen molar-refractivity contribution in [3.8, 4) is 0 Å². The SMILES string of the molecule is C=CCC1(C2(C=CCCCCC)CCCCC2)CCCCC1. The summed E-state index contributed by atoms with van der Waals surface area (Å²) in [6.07, 6.45) is 28.5. The zero-order valence-corrected chi connectivity index (χ0v) is 15.0. The van der Waals surface area contributed by atoms with Gasteiger partial charge < -0.3 is 0 Å². The van der Waals surface area contributed by atoms with Gasteiger partial charge in [-0.15, -0.1) is 6.58 Å². The second-order valence-corrected chi connectivity index (χ2v) is 7.95. The van der Waals surface area contributed by atoms with E-state index >= 15 is 0 Å². The Morgan fingerprint density at radius 3 is 2.09 bits per heavy atom. The minimum absolute atomic E-state index is 0.492. The molecule has 0 aromatic rings. The maximum atomic E-state index is 4.12. The highest BCUT2D eigenvalue weighted by Gasteiger charge is 2.48. The van der Waals surface area contributed by atoms with Crippen LogP contribution >= 0.6 is 0 Å². The third-order valence-electron chi connectivity index (χ3n) is 6.56. The topological polar surface area (TPSA) is 0 Å². The van der Waals surface area contributed by atoms with E-state index in [0.29, 0.717) is 10.8 Å². The summed E-state index contributed by atoms with van der Waals surface area (Å²) in [7, 11) is 0. The molecule has 0 heterocycles. The fraction of sp³-hybridized carbons (Fsp3) is 0.818. The van der Waals surface area contributed by atoms with Gasteiger partial charge in [0.05, 0.1) is 0 Å². The first-order valence-electron chi connectivity index (χ1n) is 10.1. The van der Waals surface area contributed by atoms with Crippen LogP contribution in [-0.2, 0) is 0 Å². The second-order valence-electron chi connectivity index (χ2n) is 7.95. The zero-order chi connectivity index (χ0) is 15.7. The molecule has 0 atom stereocenters. The second kappa shape index (κ2) is 8.94. The molecule has 0 N–H and O–H groups in total. The Balaban J connectivity index is 2.16. The first kappa shape index (κ1) is 17.8. The number of unbranched alkanes of at least 4 members (excludes halogenated alkanes) is 3. The zero-order valence-electron chi connectivity index (χ0n) is 15.0. The molecule has 0 aliphatic heterocycles. The molecule has 2 aliphatic carbocycles. The minimum atomic E-state index is 0.492. The molecule has 0 amide bonds. The molecular weight excluding hydrogens is 264 g/mol. The molecule has 22 heavy (non-hydrogen) atoms. The Hall–Kier alpha value is -0.520. The van der Waals surface area contributed by atoms with Gasteiger partial charge >= 0.3 is 0 Å². The van der Waals surface area contributed by atoms with Crippen LogP contribution in [0.4, 0.5) is 0 Å². The summed E-state index contributed by atoms with van der Waals surface area (Å²) in [4.78, 5) is 0. The van der Waals surface area contributed by atoms with E-state index in [-0.39, 0.29) is 0 Å². The fourth-order valence-electron chi connectivity index (χ4n) is 5.29. The molecule has 0 spiro atoms. The summed E-state index contributed by atoms with van der Waals surface area (Å²) >= 11 is 0. The molecule has 0 heteroatoms. The Morgan fingerprint density at radius 1 is 0.864 bits per heavy atom. The van der Waals surface area contributed by atoms with E-state index in [2.05, 4.69) is 31.7 Å². The van der Waals surface area contributed by atoms with Crippen LogP contribution in [0.2, 0.25) is 0 Å². The average molecular weight is 303 g/mol. The summed E-state index contributed by atoms with van der Waals surface area (Å²) in [6.45, 7) is 6.42. The van der Waals surface area contributed by atoms with Crippen molar-refractivity contribution < 1.29 is 0 Å². The van der Waals surface area contributed by atoms with Crippen molar-refractivity contribution in [2.24, 2.45) is 10.8 Å². The molecule has 2 fully saturated rings. The largest absolute Gasteiger partial charge is 0.103 e. The third kappa shape index (κ3) is 4.06. The van der Waals surface area contributed by atoms with Gasteiger partial charge in [0, 0.05) is 0 Å². The van der Waals surface area contributed by atoms with Gasteiger partial charge in [0.15, 0.2) is 0 Å². The van der Waals surface area contributed by atoms with Crippen LogP contribution in [0.15, 0.2) is 24.8 Å². The van der Waals surface area contributed by atoms with Crippen molar-refractivity contribution in [2.75, 3.05) is 0 Å². The smallest absolute Gasteiger partial charge is 0.00589 e. The lowest BCUT2D eigenvalue weighted by Gasteiger charge is -2.54. The monoisotopic (exact) mass is 302 g/mol. The van der Waals surface area contributed by atoms with Crippen LogP contribution in [0.25, 0.3) is 0 Å². The van der Waals surface area contributed by atoms with E-state index in [1.807, 2.05) is 0 Å². The standard InChI is InChI=1S/C22H38/c1-3-5-6-7-10-18-22(19-13-9-14-20-22)21(15-4-2)16-11-8-12-17-21/h4,10,18H,2-3,5-9,11-17,19-20H2,1H3. The molecule has 2 saturated carbocycles. The fourth-order valence-corrected chi connectivity index (χ4v) is 5.29. The summed E-state index contributed by atoms with van der Waals surface area (Å²) in [5.74, 6) is 0. The Labute approximate surface area is 139 Å². The molecule has 0 radical (unpaired) electrons. The van der Waals surface area contributed by atoms with E-state index < -0.39 is 0 Å². The van der Waals surface area contributed by atoms with Crippen molar-refractivity contribution >= 4 is 0 Å². The number of allylic oxidation sites excluding steroid dienone is 3. The summed E-state index contributed by atoms with van der Waals surface area (Å²) in [5, 5.41) is 0. The Morgan fingerprint density at radius 2 is 1.50 bits per heavy atom. The minimum Gasteiger partial charge on any atom is -0.103 e. The molecule has 0 saturated heterocycles. The first-order chi connectivity index (χ1) is 10.8. The van der Waals surface area contributed by atoms with E-state index in [4.69, 9.17) is 0 Å². The highest BCUT2D eigenvalue weighted by atomic mass is 14.5. The first-order valence-corrected chi connectivity index (χ1v) is 10.1. The lowest BCUT2D eigenvalue weighted by Crippen LogP contribution is -2.43. The van der Waals surface area contributed by atoms with Gasteiger partial charge in [-0.05, 0) is 55.8 Å². The molecule has 0 bridgehead atoms. The highest BCUT2D eigenvalue weighted by molar-refractivity contribution is 5.13. The van der Waals surface area contributed by atoms with Gasteiger partial charge in [0.2, 0.25) is 0 Å². The van der Waals surface area contributed by atoms with Gasteiger partial charge in [-0.3, -0.25) is 0 Å². The number of rotatable bonds is 8. The van der Waals surface area contributed by atoms with E-state index in [0.717, 1.165) is 0 Å². The molecule has 0 aromatic carbocycles. The Bertz CT molecular complexity index is 337. The van der Waals surface area contributed by atoms with E-state index in [1.165, 1.54) is 96.3 Å². The van der Waals surface area contributed by atoms with Crippen LogP contribution in [0, 0.1) is 10.8 Å². The van der Waals surface area contributed by atoms with Crippen molar-refractivity contribution in [1.82, 2.24) is 0 Å². The molecule has 0 aromatic heterocycles. The quantitative estimate of drug-likeness (QED) is 0.320. The van der Waals surface area contributed by atoms with Crippen LogP contribution < -0.4 is 0 Å². The Kier molecular flexibility index (Phi) is 7.25. The van der Waals surface area contributed by atoms with Crippen LogP contribution in [0.1, 0.15) is 103 Å². The molecule has 2 aliphatic rings. The lowest BCUT2D eigenvalue weighted by atomic mass is 9.51. The molecular formula is C22H38. The maximum absolute atomic E-state index is 4.12. The predicted octanol–water partition coefficient (Wildman–Crippen LogP) is 7.60. The highest BCUT2D eigenvalue weighted by Crippen LogP contribution is 2.59. The van der Waals surface area contributed by atoms with E-state index in [1.54, 1.807) is 0 Å². The predicted molar refractivity (Wildman–Crippen MR) is 99.1 cm³/mol. The van der Waals surface area contributed by atoms with Gasteiger partial charge in [-0.1, -0.05) is 76.5 Å². The number of hydrogen-bond donors (Lipinski definition) is 0. The summed E-state index contributed by atoms with van der Waals surface area (Å²) < 4.78 is 0. The maximum Gasteiger partial charge on any atom is -0.00589 e. The molecule has 0 nitrogen and oxygen atoms in total. The van der Waals surface area contributed by atoms with Gasteiger partial charge in [-0.25, -0.2) is 0 Å². The number of hydrogen-bond acceptors (Lipinski definition) is 0. The molecule has 126 valence electrons. The van der Waals surface area contributed by atoms with Crippen molar-refractivity contribution in [3.63, 3.8) is 0 Å². The van der Waals surface area contributed by atoms with Crippen molar-refractivity contribution in [3.05, 3.63) is 24.8 Å². The van der Waals surface area contributed by atoms with Crippen molar-refractivity contribution in [2.45, 2.75) is 103 Å². The molecule has 2 rings (SSSR count). The molecule has 0 unspecified atom stereocenters. The van der Waals surface area contributed by atoms with Gasteiger partial charge in [0.25, 0.3) is 0 Å². The van der Waals surface area contributed by atoms with Gasteiger partial charge in [-0.2, -0.15) is 0 Å². The summed E-state index contributed by atoms with van der Waals surface area (Å²) in [6, 6.07) is 0. The average Bonchev–Trinajstić information content (AvgIpc) is 2.57. The van der Waals surface area contributed by atoms with Crippen molar-refractivity contribution in [1.29, 1.82) is 0 Å². The van der Waals surface area contributed by atoms with Gasteiger partial charge in [0.1, 0.15) is 0 Å². The van der Waals surface area contributed by atoms with Crippen LogP contribution in [0.3, 0.4) is 0 Å².